The van der Waals surface area contributed by atoms with E-state index >= 15 is 0 Å². The van der Waals surface area contributed by atoms with Gasteiger partial charge in [0, 0.05) is 28.1 Å². The van der Waals surface area contributed by atoms with Crippen LogP contribution in [0.2, 0.25) is 5.02 Å². The first-order valence-electron chi connectivity index (χ1n) is 10.5. The molecule has 0 atom stereocenters. The molecule has 33 heavy (non-hydrogen) atoms. The van der Waals surface area contributed by atoms with Crippen molar-refractivity contribution in [3.8, 4) is 5.75 Å². The molecule has 0 aliphatic carbocycles. The van der Waals surface area contributed by atoms with E-state index < -0.39 is 0 Å². The summed E-state index contributed by atoms with van der Waals surface area (Å²) in [5.41, 5.74) is 3.32. The molecule has 172 valence electrons. The smallest absolute Gasteiger partial charge is 0.255 e. The van der Waals surface area contributed by atoms with Crippen LogP contribution in [0.4, 0.5) is 11.4 Å². The molecule has 5 nitrogen and oxygen atoms in total. The van der Waals surface area contributed by atoms with Crippen LogP contribution in [0.3, 0.4) is 0 Å². The van der Waals surface area contributed by atoms with Crippen molar-refractivity contribution in [2.75, 3.05) is 16.4 Å². The minimum atomic E-state index is -0.321. The molecule has 3 rings (SSSR count). The lowest BCUT2D eigenvalue weighted by Crippen LogP contribution is -2.15. The Balaban J connectivity index is 1.54. The molecule has 0 heterocycles. The summed E-state index contributed by atoms with van der Waals surface area (Å²) in [6.45, 7) is 6.33. The van der Waals surface area contributed by atoms with Gasteiger partial charge in [-0.15, -0.1) is 11.8 Å². The van der Waals surface area contributed by atoms with E-state index in [9.17, 15) is 14.7 Å². The van der Waals surface area contributed by atoms with E-state index in [2.05, 4.69) is 31.4 Å². The molecule has 0 saturated heterocycles. The van der Waals surface area contributed by atoms with Crippen LogP contribution in [-0.2, 0) is 16.0 Å². The number of thioether (sulfide) groups is 1. The van der Waals surface area contributed by atoms with Crippen LogP contribution in [-0.4, -0.2) is 22.7 Å². The summed E-state index contributed by atoms with van der Waals surface area (Å²) in [4.78, 5) is 24.8. The first-order valence-corrected chi connectivity index (χ1v) is 12.0. The van der Waals surface area contributed by atoms with Gasteiger partial charge in [-0.05, 0) is 46.9 Å². The van der Waals surface area contributed by atoms with E-state index in [1.165, 1.54) is 17.8 Å². The second-order valence-electron chi connectivity index (χ2n) is 8.65. The summed E-state index contributed by atoms with van der Waals surface area (Å²) in [5.74, 6) is 0.228. The topological polar surface area (TPSA) is 78.4 Å². The minimum absolute atomic E-state index is 0.000636. The van der Waals surface area contributed by atoms with E-state index in [1.807, 2.05) is 36.4 Å². The Kier molecular flexibility index (Phi) is 8.06. The molecule has 0 aromatic heterocycles. The fourth-order valence-electron chi connectivity index (χ4n) is 3.10. The van der Waals surface area contributed by atoms with Gasteiger partial charge in [0.1, 0.15) is 5.75 Å². The van der Waals surface area contributed by atoms with Gasteiger partial charge < -0.3 is 15.7 Å². The van der Waals surface area contributed by atoms with Gasteiger partial charge in [0.2, 0.25) is 5.91 Å². The van der Waals surface area contributed by atoms with Gasteiger partial charge in [0.25, 0.3) is 5.91 Å². The normalized spacial score (nSPS) is 11.2. The highest BCUT2D eigenvalue weighted by Crippen LogP contribution is 2.28. The second kappa shape index (κ2) is 10.8. The van der Waals surface area contributed by atoms with E-state index in [4.69, 9.17) is 11.6 Å². The predicted octanol–water partition coefficient (Wildman–Crippen LogP) is 6.47. The molecule has 0 bridgehead atoms. The van der Waals surface area contributed by atoms with Crippen LogP contribution in [0.15, 0.2) is 66.7 Å². The number of hydrogen-bond acceptors (Lipinski definition) is 4. The third-order valence-corrected chi connectivity index (χ3v) is 6.34. The number of benzene rings is 3. The number of aromatic hydroxyl groups is 1. The van der Waals surface area contributed by atoms with Gasteiger partial charge in [-0.1, -0.05) is 62.7 Å². The Hall–Kier alpha value is -2.96. The standard InChI is InChI=1S/C26H27ClN2O3S/c1-26(2,3)19-10-8-17(9-11-19)25(32)29-22-13-12-20(14-23(22)30)28-24(31)16-33-15-18-6-4-5-7-21(18)27/h4-14,30H,15-16H2,1-3H3,(H,28,31)(H,29,32). The average molecular weight is 483 g/mol. The van der Waals surface area contributed by atoms with Crippen molar-refractivity contribution < 1.29 is 14.7 Å². The van der Waals surface area contributed by atoms with Gasteiger partial charge in [-0.2, -0.15) is 0 Å². The number of nitrogens with one attached hydrogen (secondary N) is 2. The summed E-state index contributed by atoms with van der Waals surface area (Å²) < 4.78 is 0. The Morgan fingerprint density at radius 2 is 1.67 bits per heavy atom. The molecule has 3 N–H and O–H groups in total. The number of anilines is 2. The zero-order valence-electron chi connectivity index (χ0n) is 18.8. The van der Waals surface area contributed by atoms with E-state index in [-0.39, 0.29) is 34.4 Å². The number of rotatable bonds is 7. The van der Waals surface area contributed by atoms with Crippen LogP contribution in [0.1, 0.15) is 42.3 Å². The van der Waals surface area contributed by atoms with Crippen molar-refractivity contribution in [1.82, 2.24) is 0 Å². The van der Waals surface area contributed by atoms with Crippen molar-refractivity contribution >= 4 is 46.6 Å². The van der Waals surface area contributed by atoms with Crippen molar-refractivity contribution in [1.29, 1.82) is 0 Å². The second-order valence-corrected chi connectivity index (χ2v) is 10.0. The SMILES string of the molecule is CC(C)(C)c1ccc(C(=O)Nc2ccc(NC(=O)CSCc3ccccc3Cl)cc2O)cc1. The molecular formula is C26H27ClN2O3S. The molecule has 0 aliphatic rings. The lowest BCUT2D eigenvalue weighted by Gasteiger charge is -2.19. The van der Waals surface area contributed by atoms with Crippen LogP contribution in [0, 0.1) is 0 Å². The summed E-state index contributed by atoms with van der Waals surface area (Å²) in [6.07, 6.45) is 0. The zero-order chi connectivity index (χ0) is 24.0. The summed E-state index contributed by atoms with van der Waals surface area (Å²) >= 11 is 7.58. The Labute approximate surface area is 203 Å². The molecule has 2 amide bonds. The van der Waals surface area contributed by atoms with E-state index in [0.717, 1.165) is 11.1 Å². The maximum absolute atomic E-state index is 12.5. The zero-order valence-corrected chi connectivity index (χ0v) is 20.4. The Morgan fingerprint density at radius 3 is 2.30 bits per heavy atom. The van der Waals surface area contributed by atoms with Gasteiger partial charge in [-0.25, -0.2) is 0 Å². The molecule has 0 fully saturated rings. The van der Waals surface area contributed by atoms with Crippen molar-refractivity contribution in [2.24, 2.45) is 0 Å². The summed E-state index contributed by atoms with van der Waals surface area (Å²) in [7, 11) is 0. The van der Waals surface area contributed by atoms with E-state index in [1.54, 1.807) is 24.3 Å². The highest BCUT2D eigenvalue weighted by Gasteiger charge is 2.15. The molecule has 0 radical (unpaired) electrons. The van der Waals surface area contributed by atoms with Crippen LogP contribution < -0.4 is 10.6 Å². The van der Waals surface area contributed by atoms with Crippen LogP contribution in [0.25, 0.3) is 0 Å². The molecule has 0 saturated carbocycles. The number of carbonyl (C=O) groups is 2. The maximum atomic E-state index is 12.5. The monoisotopic (exact) mass is 482 g/mol. The van der Waals surface area contributed by atoms with Gasteiger partial charge in [0.15, 0.2) is 0 Å². The Bertz CT molecular complexity index is 1140. The first kappa shape index (κ1) is 24.7. The largest absolute Gasteiger partial charge is 0.506 e. The summed E-state index contributed by atoms with van der Waals surface area (Å²) in [6, 6.07) is 19.5. The number of phenolic OH excluding ortho intramolecular Hbond substituents is 1. The molecule has 3 aromatic carbocycles. The molecular weight excluding hydrogens is 456 g/mol. The molecule has 0 spiro atoms. The van der Waals surface area contributed by atoms with E-state index in [0.29, 0.717) is 22.0 Å². The number of phenols is 1. The maximum Gasteiger partial charge on any atom is 0.255 e. The van der Waals surface area contributed by atoms with Gasteiger partial charge >= 0.3 is 0 Å². The summed E-state index contributed by atoms with van der Waals surface area (Å²) in [5, 5.41) is 16.5. The predicted molar refractivity (Wildman–Crippen MR) is 137 cm³/mol. The fourth-order valence-corrected chi connectivity index (χ4v) is 4.21. The number of amides is 2. The number of carbonyl (C=O) groups excluding carboxylic acids is 2. The quantitative estimate of drug-likeness (QED) is 0.337. The first-order chi connectivity index (χ1) is 15.6. The lowest BCUT2D eigenvalue weighted by atomic mass is 9.87. The third-order valence-electron chi connectivity index (χ3n) is 4.99. The fraction of sp³-hybridized carbons (Fsp3) is 0.231. The number of halogens is 1. The third kappa shape index (κ3) is 7.01. The van der Waals surface area contributed by atoms with Crippen LogP contribution in [0.5, 0.6) is 5.75 Å². The highest BCUT2D eigenvalue weighted by molar-refractivity contribution is 7.99. The number of hydrogen-bond donors (Lipinski definition) is 3. The van der Waals surface area contributed by atoms with Gasteiger partial charge in [0.05, 0.1) is 11.4 Å². The molecule has 7 heteroatoms. The molecule has 0 unspecified atom stereocenters. The highest BCUT2D eigenvalue weighted by atomic mass is 35.5. The molecule has 3 aromatic rings. The van der Waals surface area contributed by atoms with Crippen molar-refractivity contribution in [3.63, 3.8) is 0 Å². The van der Waals surface area contributed by atoms with Crippen molar-refractivity contribution in [2.45, 2.75) is 31.9 Å². The minimum Gasteiger partial charge on any atom is -0.506 e. The Morgan fingerprint density at radius 1 is 0.970 bits per heavy atom. The van der Waals surface area contributed by atoms with Gasteiger partial charge in [-0.3, -0.25) is 9.59 Å². The van der Waals surface area contributed by atoms with Crippen molar-refractivity contribution in [3.05, 3.63) is 88.4 Å². The average Bonchev–Trinajstić information content (AvgIpc) is 2.76. The van der Waals surface area contributed by atoms with Crippen LogP contribution >= 0.6 is 23.4 Å². The molecule has 0 aliphatic heterocycles. The lowest BCUT2D eigenvalue weighted by molar-refractivity contribution is -0.113.